The van der Waals surface area contributed by atoms with Crippen LogP contribution in [0.15, 0.2) is 54.2 Å². The van der Waals surface area contributed by atoms with Gasteiger partial charge in [0.1, 0.15) is 11.5 Å². The first kappa shape index (κ1) is 25.4. The first-order chi connectivity index (χ1) is 19.0. The summed E-state index contributed by atoms with van der Waals surface area (Å²) in [6, 6.07) is 8.04. The molecule has 40 heavy (non-hydrogen) atoms. The van der Waals surface area contributed by atoms with Gasteiger partial charge in [-0.25, -0.2) is 4.68 Å². The number of anilines is 2. The second-order valence-electron chi connectivity index (χ2n) is 11.2. The molecule has 12 heteroatoms. The molecule has 0 bridgehead atoms. The van der Waals surface area contributed by atoms with Gasteiger partial charge in [-0.3, -0.25) is 4.98 Å². The molecular weight excluding hydrogens is 534 g/mol. The third kappa shape index (κ3) is 4.14. The molecule has 2 aliphatic heterocycles. The number of nitrogens with zero attached hydrogens (tertiary/aromatic N) is 5. The fourth-order valence-corrected chi connectivity index (χ4v) is 6.89. The van der Waals surface area contributed by atoms with E-state index in [-0.39, 0.29) is 17.3 Å². The fourth-order valence-electron chi connectivity index (χ4n) is 6.89. The van der Waals surface area contributed by atoms with Gasteiger partial charge in [0.05, 0.1) is 5.56 Å². The van der Waals surface area contributed by atoms with Crippen LogP contribution in [0.3, 0.4) is 0 Å². The Labute approximate surface area is 226 Å². The van der Waals surface area contributed by atoms with Gasteiger partial charge in [-0.2, -0.15) is 31.3 Å². The Balaban J connectivity index is 1.03. The molecule has 4 aliphatic rings. The summed E-state index contributed by atoms with van der Waals surface area (Å²) in [5.74, 6) is 1.66. The number of aromatic nitrogens is 4. The van der Waals surface area contributed by atoms with Crippen molar-refractivity contribution in [1.29, 1.82) is 0 Å². The topological polar surface area (TPSA) is 58.9 Å². The third-order valence-corrected chi connectivity index (χ3v) is 8.93. The van der Waals surface area contributed by atoms with E-state index in [1.54, 1.807) is 6.07 Å². The second kappa shape index (κ2) is 8.71. The van der Waals surface area contributed by atoms with Gasteiger partial charge in [-0.05, 0) is 48.6 Å². The molecule has 1 aromatic carbocycles. The van der Waals surface area contributed by atoms with E-state index < -0.39 is 23.6 Å². The highest BCUT2D eigenvalue weighted by molar-refractivity contribution is 5.61. The van der Waals surface area contributed by atoms with Crippen molar-refractivity contribution in [3.8, 4) is 0 Å². The maximum absolute atomic E-state index is 13.2. The molecule has 1 saturated heterocycles. The van der Waals surface area contributed by atoms with Crippen molar-refractivity contribution in [2.45, 2.75) is 44.1 Å². The SMILES string of the molecule is FC(F)(F)c1ccc(C2CCCCn3nc(NC[C@@H]4C5=CC56CN(c5ccnc(C(F)(F)F)c5)C[C@@H]46)nc32)cc1. The minimum absolute atomic E-state index is 0.0134. The second-order valence-corrected chi connectivity index (χ2v) is 11.2. The van der Waals surface area contributed by atoms with Crippen LogP contribution >= 0.6 is 0 Å². The normalized spacial score (nSPS) is 27.2. The van der Waals surface area contributed by atoms with Gasteiger partial charge in [0.25, 0.3) is 0 Å². The van der Waals surface area contributed by atoms with Crippen molar-refractivity contribution in [2.24, 2.45) is 17.3 Å². The molecule has 4 heterocycles. The van der Waals surface area contributed by atoms with Gasteiger partial charge in [-0.15, -0.1) is 5.10 Å². The van der Waals surface area contributed by atoms with Crippen LogP contribution in [-0.4, -0.2) is 39.4 Å². The zero-order chi connectivity index (χ0) is 27.9. The Morgan fingerprint density at radius 1 is 1.00 bits per heavy atom. The number of pyridine rings is 1. The summed E-state index contributed by atoms with van der Waals surface area (Å²) in [7, 11) is 0. The molecule has 6 nitrogen and oxygen atoms in total. The minimum atomic E-state index is -4.48. The molecule has 0 radical (unpaired) electrons. The largest absolute Gasteiger partial charge is 0.433 e. The summed E-state index contributed by atoms with van der Waals surface area (Å²) in [6.07, 6.45) is -2.79. The Morgan fingerprint density at radius 3 is 2.55 bits per heavy atom. The molecule has 1 N–H and O–H groups in total. The minimum Gasteiger partial charge on any atom is -0.370 e. The molecule has 2 aromatic heterocycles. The van der Waals surface area contributed by atoms with Crippen molar-refractivity contribution in [3.63, 3.8) is 0 Å². The molecule has 3 aromatic rings. The number of halogens is 6. The van der Waals surface area contributed by atoms with Gasteiger partial charge in [0.15, 0.2) is 0 Å². The summed E-state index contributed by atoms with van der Waals surface area (Å²) in [5.41, 5.74) is 1.09. The van der Waals surface area contributed by atoms with Gasteiger partial charge in [0.2, 0.25) is 5.95 Å². The van der Waals surface area contributed by atoms with Crippen LogP contribution in [0.2, 0.25) is 0 Å². The molecule has 210 valence electrons. The lowest BCUT2D eigenvalue weighted by molar-refractivity contribution is -0.141. The van der Waals surface area contributed by atoms with Gasteiger partial charge >= 0.3 is 12.4 Å². The van der Waals surface area contributed by atoms with E-state index in [4.69, 9.17) is 4.98 Å². The maximum atomic E-state index is 13.2. The number of hydrogen-bond donors (Lipinski definition) is 1. The number of benzene rings is 1. The van der Waals surface area contributed by atoms with E-state index in [9.17, 15) is 26.3 Å². The average Bonchev–Trinajstić information content (AvgIpc) is 3.26. The van der Waals surface area contributed by atoms with Crippen LogP contribution in [0.5, 0.6) is 0 Å². The number of rotatable bonds is 5. The van der Waals surface area contributed by atoms with E-state index in [0.29, 0.717) is 43.7 Å². The molecule has 4 atom stereocenters. The summed E-state index contributed by atoms with van der Waals surface area (Å²) >= 11 is 0. The van der Waals surface area contributed by atoms with Crippen LogP contribution in [-0.2, 0) is 18.9 Å². The highest BCUT2D eigenvalue weighted by Crippen LogP contribution is 2.71. The molecule has 1 saturated carbocycles. The highest BCUT2D eigenvalue weighted by Gasteiger charge is 2.69. The predicted molar refractivity (Wildman–Crippen MR) is 135 cm³/mol. The standard InChI is InChI=1S/C28H26F6N6/c29-27(30,31)17-6-4-16(5-7-17)19-3-1-2-10-40-24(19)37-25(38-40)36-13-20-21-12-26(21)15-39(14-22(20)26)18-8-9-35-23(11-18)28(32,33)34/h4-9,11-12,19-20,22H,1-3,10,13-15H2,(H,36,38)/t19?,20-,22+,26?/m1/s1. The van der Waals surface area contributed by atoms with Gasteiger partial charge in [0, 0.05) is 55.3 Å². The maximum Gasteiger partial charge on any atom is 0.433 e. The third-order valence-electron chi connectivity index (χ3n) is 8.93. The van der Waals surface area contributed by atoms with E-state index in [2.05, 4.69) is 21.5 Å². The van der Waals surface area contributed by atoms with Crippen LogP contribution in [0.25, 0.3) is 0 Å². The molecule has 2 fully saturated rings. The number of hydrogen-bond acceptors (Lipinski definition) is 5. The van der Waals surface area contributed by atoms with Crippen LogP contribution < -0.4 is 10.2 Å². The number of alkyl halides is 6. The van der Waals surface area contributed by atoms with Crippen molar-refractivity contribution >= 4 is 11.6 Å². The van der Waals surface area contributed by atoms with E-state index >= 15 is 0 Å². The molecule has 1 spiro atoms. The summed E-state index contributed by atoms with van der Waals surface area (Å²) in [4.78, 5) is 10.3. The quantitative estimate of drug-likeness (QED) is 0.301. The van der Waals surface area contributed by atoms with E-state index in [1.165, 1.54) is 23.9 Å². The Bertz CT molecular complexity index is 1480. The lowest BCUT2D eigenvalue weighted by Crippen LogP contribution is -2.41. The zero-order valence-corrected chi connectivity index (χ0v) is 21.3. The van der Waals surface area contributed by atoms with E-state index in [0.717, 1.165) is 48.8 Å². The highest BCUT2D eigenvalue weighted by atomic mass is 19.4. The lowest BCUT2D eigenvalue weighted by atomic mass is 9.65. The van der Waals surface area contributed by atoms with Crippen molar-refractivity contribution in [3.05, 3.63) is 76.9 Å². The van der Waals surface area contributed by atoms with Crippen molar-refractivity contribution < 1.29 is 26.3 Å². The van der Waals surface area contributed by atoms with E-state index in [1.807, 2.05) is 9.58 Å². The summed E-state index contributed by atoms with van der Waals surface area (Å²) < 4.78 is 80.5. The molecule has 0 amide bonds. The van der Waals surface area contributed by atoms with Gasteiger partial charge < -0.3 is 10.2 Å². The summed E-state index contributed by atoms with van der Waals surface area (Å²) in [6.45, 7) is 2.65. The summed E-state index contributed by atoms with van der Waals surface area (Å²) in [5, 5.41) is 8.03. The Hall–Kier alpha value is -3.57. The molecule has 7 rings (SSSR count). The predicted octanol–water partition coefficient (Wildman–Crippen LogP) is 6.13. The number of aryl methyl sites for hydroxylation is 1. The molecular formula is C28H26F6N6. The first-order valence-corrected chi connectivity index (χ1v) is 13.4. The zero-order valence-electron chi connectivity index (χ0n) is 21.3. The van der Waals surface area contributed by atoms with Crippen molar-refractivity contribution in [1.82, 2.24) is 19.7 Å². The lowest BCUT2D eigenvalue weighted by Gasteiger charge is -2.38. The molecule has 2 aliphatic carbocycles. The first-order valence-electron chi connectivity index (χ1n) is 13.4. The fraction of sp³-hybridized carbons (Fsp3) is 0.464. The van der Waals surface area contributed by atoms with Crippen LogP contribution in [0, 0.1) is 17.3 Å². The molecule has 2 unspecified atom stereocenters. The number of fused-ring (bicyclic) bond motifs is 1. The number of nitrogens with one attached hydrogen (secondary N) is 1. The average molecular weight is 561 g/mol. The Kier molecular flexibility index (Phi) is 5.53. The Morgan fingerprint density at radius 2 is 1.80 bits per heavy atom. The van der Waals surface area contributed by atoms with Crippen LogP contribution in [0.1, 0.15) is 47.8 Å². The van der Waals surface area contributed by atoms with Crippen molar-refractivity contribution in [2.75, 3.05) is 29.9 Å². The smallest absolute Gasteiger partial charge is 0.370 e. The van der Waals surface area contributed by atoms with Crippen LogP contribution in [0.4, 0.5) is 38.0 Å². The monoisotopic (exact) mass is 560 g/mol. The van der Waals surface area contributed by atoms with Gasteiger partial charge in [-0.1, -0.05) is 30.2 Å².